The van der Waals surface area contributed by atoms with E-state index in [2.05, 4.69) is 10.6 Å². The average molecular weight is 341 g/mol. The minimum Gasteiger partial charge on any atom is -0.487 e. The van der Waals surface area contributed by atoms with Gasteiger partial charge in [-0.15, -0.1) is 0 Å². The monoisotopic (exact) mass is 340 g/mol. The molecule has 0 unspecified atom stereocenters. The molecule has 1 saturated carbocycles. The molecule has 0 aromatic heterocycles. The molecule has 0 spiro atoms. The van der Waals surface area contributed by atoms with Gasteiger partial charge in [0.1, 0.15) is 6.61 Å². The smallest absolute Gasteiger partial charge is 0.319 e. The summed E-state index contributed by atoms with van der Waals surface area (Å²) >= 11 is 6.15. The Labute approximate surface area is 142 Å². The van der Waals surface area contributed by atoms with Crippen LogP contribution in [0, 0.1) is 5.92 Å². The fourth-order valence-electron chi connectivity index (χ4n) is 2.78. The molecule has 2 rings (SSSR count). The largest absolute Gasteiger partial charge is 0.487 e. The summed E-state index contributed by atoms with van der Waals surface area (Å²) in [5.74, 6) is 1.06. The summed E-state index contributed by atoms with van der Waals surface area (Å²) < 4.78 is 10.6. The maximum atomic E-state index is 12.1. The fourth-order valence-corrected chi connectivity index (χ4v) is 3.00. The summed E-state index contributed by atoms with van der Waals surface area (Å²) in [6.07, 6.45) is 6.23. The van der Waals surface area contributed by atoms with Gasteiger partial charge in [-0.2, -0.15) is 0 Å². The van der Waals surface area contributed by atoms with Crippen LogP contribution < -0.4 is 15.4 Å². The molecule has 0 bridgehead atoms. The second kappa shape index (κ2) is 9.63. The van der Waals surface area contributed by atoms with Gasteiger partial charge in [-0.1, -0.05) is 36.9 Å². The second-order valence-electron chi connectivity index (χ2n) is 5.80. The van der Waals surface area contributed by atoms with Gasteiger partial charge in [-0.25, -0.2) is 4.79 Å². The number of benzene rings is 1. The standard InChI is InChI=1S/C17H25ClN2O3/c1-22-10-11-23-16-14(18)8-5-9-15(16)20-17(21)19-12-13-6-3-2-4-7-13/h5,8-9,13H,2-4,6-7,10-12H2,1H3,(H2,19,20,21). The number of nitrogens with one attached hydrogen (secondary N) is 2. The van der Waals surface area contributed by atoms with Gasteiger partial charge in [-0.3, -0.25) is 0 Å². The zero-order chi connectivity index (χ0) is 16.5. The minimum absolute atomic E-state index is 0.227. The molecular formula is C17H25ClN2O3. The van der Waals surface area contributed by atoms with E-state index < -0.39 is 0 Å². The molecule has 0 saturated heterocycles. The summed E-state index contributed by atoms with van der Waals surface area (Å²) in [4.78, 5) is 12.1. The van der Waals surface area contributed by atoms with Gasteiger partial charge in [0.2, 0.25) is 0 Å². The maximum Gasteiger partial charge on any atom is 0.319 e. The van der Waals surface area contributed by atoms with Crippen molar-refractivity contribution in [1.29, 1.82) is 0 Å². The van der Waals surface area contributed by atoms with Gasteiger partial charge in [0.05, 0.1) is 17.3 Å². The van der Waals surface area contributed by atoms with Crippen molar-refractivity contribution in [3.63, 3.8) is 0 Å². The number of anilines is 1. The molecule has 6 heteroatoms. The Morgan fingerprint density at radius 1 is 1.26 bits per heavy atom. The quantitative estimate of drug-likeness (QED) is 0.736. The SMILES string of the molecule is COCCOc1c(Cl)cccc1NC(=O)NCC1CCCCC1. The summed E-state index contributed by atoms with van der Waals surface area (Å²) in [5, 5.41) is 6.22. The molecule has 128 valence electrons. The van der Waals surface area contributed by atoms with Crippen molar-refractivity contribution in [3.8, 4) is 5.75 Å². The van der Waals surface area contributed by atoms with Crippen molar-refractivity contribution >= 4 is 23.3 Å². The zero-order valence-electron chi connectivity index (χ0n) is 13.6. The minimum atomic E-state index is -0.227. The molecular weight excluding hydrogens is 316 g/mol. The number of ether oxygens (including phenoxy) is 2. The normalized spacial score (nSPS) is 15.2. The topological polar surface area (TPSA) is 59.6 Å². The van der Waals surface area contributed by atoms with Crippen LogP contribution in [0.15, 0.2) is 18.2 Å². The van der Waals surface area contributed by atoms with Crippen molar-refractivity contribution in [1.82, 2.24) is 5.32 Å². The van der Waals surface area contributed by atoms with E-state index in [0.717, 1.165) is 0 Å². The van der Waals surface area contributed by atoms with E-state index in [1.807, 2.05) is 0 Å². The Bertz CT molecular complexity index is 505. The Balaban J connectivity index is 1.87. The molecule has 0 atom stereocenters. The summed E-state index contributed by atoms with van der Waals surface area (Å²) in [7, 11) is 1.60. The molecule has 1 aliphatic rings. The van der Waals surface area contributed by atoms with Gasteiger partial charge in [0, 0.05) is 13.7 Å². The average Bonchev–Trinajstić information content (AvgIpc) is 2.56. The third-order valence-electron chi connectivity index (χ3n) is 4.03. The first-order valence-electron chi connectivity index (χ1n) is 8.16. The number of rotatable bonds is 7. The van der Waals surface area contributed by atoms with E-state index in [0.29, 0.717) is 42.1 Å². The van der Waals surface area contributed by atoms with Gasteiger partial charge in [0.15, 0.2) is 5.75 Å². The first-order chi connectivity index (χ1) is 11.2. The number of methoxy groups -OCH3 is 1. The van der Waals surface area contributed by atoms with Crippen molar-refractivity contribution in [2.75, 3.05) is 32.2 Å². The van der Waals surface area contributed by atoms with E-state index in [1.165, 1.54) is 32.1 Å². The molecule has 0 radical (unpaired) electrons. The number of urea groups is 1. The van der Waals surface area contributed by atoms with Crippen molar-refractivity contribution in [2.24, 2.45) is 5.92 Å². The van der Waals surface area contributed by atoms with E-state index in [9.17, 15) is 4.79 Å². The molecule has 5 nitrogen and oxygen atoms in total. The molecule has 1 aliphatic carbocycles. The highest BCUT2D eigenvalue weighted by molar-refractivity contribution is 6.32. The lowest BCUT2D eigenvalue weighted by Gasteiger charge is -2.22. The summed E-state index contributed by atoms with van der Waals surface area (Å²) in [5.41, 5.74) is 0.565. The molecule has 2 N–H and O–H groups in total. The van der Waals surface area contributed by atoms with Crippen LogP contribution in [0.2, 0.25) is 5.02 Å². The van der Waals surface area contributed by atoms with Crippen LogP contribution in [0.4, 0.5) is 10.5 Å². The van der Waals surface area contributed by atoms with Crippen LogP contribution in [0.5, 0.6) is 5.75 Å². The number of hydrogen-bond acceptors (Lipinski definition) is 3. The van der Waals surface area contributed by atoms with Crippen LogP contribution in [0.3, 0.4) is 0 Å². The van der Waals surface area contributed by atoms with Crippen LogP contribution in [0.25, 0.3) is 0 Å². The van der Waals surface area contributed by atoms with Crippen molar-refractivity contribution < 1.29 is 14.3 Å². The van der Waals surface area contributed by atoms with Crippen molar-refractivity contribution in [3.05, 3.63) is 23.2 Å². The van der Waals surface area contributed by atoms with Gasteiger partial charge < -0.3 is 20.1 Å². The fraction of sp³-hybridized carbons (Fsp3) is 0.588. The third-order valence-corrected chi connectivity index (χ3v) is 4.32. The summed E-state index contributed by atoms with van der Waals surface area (Å²) in [6.45, 7) is 1.55. The predicted molar refractivity (Wildman–Crippen MR) is 92.4 cm³/mol. The summed E-state index contributed by atoms with van der Waals surface area (Å²) in [6, 6.07) is 5.06. The first kappa shape index (κ1) is 17.9. The molecule has 23 heavy (non-hydrogen) atoms. The first-order valence-corrected chi connectivity index (χ1v) is 8.53. The molecule has 1 fully saturated rings. The van der Waals surface area contributed by atoms with E-state index in [1.54, 1.807) is 25.3 Å². The third kappa shape index (κ3) is 5.92. The number of carbonyl (C=O) groups is 1. The van der Waals surface area contributed by atoms with Crippen LogP contribution in [0.1, 0.15) is 32.1 Å². The molecule has 2 amide bonds. The zero-order valence-corrected chi connectivity index (χ0v) is 14.3. The lowest BCUT2D eigenvalue weighted by Crippen LogP contribution is -2.33. The number of para-hydroxylation sites is 1. The number of carbonyl (C=O) groups excluding carboxylic acids is 1. The highest BCUT2D eigenvalue weighted by atomic mass is 35.5. The number of hydrogen-bond donors (Lipinski definition) is 2. The molecule has 0 aliphatic heterocycles. The molecule has 1 aromatic carbocycles. The lowest BCUT2D eigenvalue weighted by molar-refractivity contribution is 0.146. The van der Waals surface area contributed by atoms with Gasteiger partial charge >= 0.3 is 6.03 Å². The second-order valence-corrected chi connectivity index (χ2v) is 6.20. The van der Waals surface area contributed by atoms with Crippen LogP contribution in [-0.2, 0) is 4.74 Å². The Morgan fingerprint density at radius 2 is 2.04 bits per heavy atom. The number of amides is 2. The highest BCUT2D eigenvalue weighted by Gasteiger charge is 2.15. The van der Waals surface area contributed by atoms with Crippen molar-refractivity contribution in [2.45, 2.75) is 32.1 Å². The lowest BCUT2D eigenvalue weighted by atomic mass is 9.89. The van der Waals surface area contributed by atoms with Crippen LogP contribution in [-0.4, -0.2) is 32.9 Å². The molecule has 0 heterocycles. The Morgan fingerprint density at radius 3 is 2.78 bits per heavy atom. The highest BCUT2D eigenvalue weighted by Crippen LogP contribution is 2.32. The predicted octanol–water partition coefficient (Wildman–Crippen LogP) is 4.07. The Hall–Kier alpha value is -1.46. The number of halogens is 1. The van der Waals surface area contributed by atoms with Gasteiger partial charge in [-0.05, 0) is 30.9 Å². The van der Waals surface area contributed by atoms with Gasteiger partial charge in [0.25, 0.3) is 0 Å². The van der Waals surface area contributed by atoms with Crippen LogP contribution >= 0.6 is 11.6 Å². The van der Waals surface area contributed by atoms with E-state index in [4.69, 9.17) is 21.1 Å². The van der Waals surface area contributed by atoms with E-state index in [-0.39, 0.29) is 6.03 Å². The molecule has 1 aromatic rings. The maximum absolute atomic E-state index is 12.1. The Kier molecular flexibility index (Phi) is 7.49. The van der Waals surface area contributed by atoms with E-state index >= 15 is 0 Å².